The lowest BCUT2D eigenvalue weighted by molar-refractivity contribution is -0.114. The van der Waals surface area contributed by atoms with E-state index in [1.54, 1.807) is 18.2 Å². The van der Waals surface area contributed by atoms with E-state index in [2.05, 4.69) is 5.92 Å². The van der Waals surface area contributed by atoms with Crippen LogP contribution in [0.3, 0.4) is 0 Å². The van der Waals surface area contributed by atoms with Crippen LogP contribution in [-0.2, 0) is 4.79 Å². The van der Waals surface area contributed by atoms with E-state index in [-0.39, 0.29) is 0 Å². The third-order valence-electron chi connectivity index (χ3n) is 2.42. The molecule has 0 bridgehead atoms. The maximum Gasteiger partial charge on any atom is 0.299 e. The summed E-state index contributed by atoms with van der Waals surface area (Å²) in [6.45, 7) is 0.317. The normalized spacial score (nSPS) is 13.9. The first-order valence-electron chi connectivity index (χ1n) is 4.75. The van der Waals surface area contributed by atoms with Gasteiger partial charge in [-0.2, -0.15) is 0 Å². The number of terminal acetylenes is 1. The molecule has 0 aromatic heterocycles. The third kappa shape index (κ3) is 1.48. The maximum absolute atomic E-state index is 11.7. The van der Waals surface area contributed by atoms with E-state index < -0.39 is 11.7 Å². The minimum Gasteiger partial charge on any atom is -0.302 e. The molecule has 2 rings (SSSR count). The second-order valence-corrected chi connectivity index (χ2v) is 3.78. The van der Waals surface area contributed by atoms with Gasteiger partial charge in [0.15, 0.2) is 0 Å². The number of anilines is 1. The first kappa shape index (κ1) is 10.7. The molecule has 0 spiro atoms. The number of hydrogen-bond donors (Lipinski definition) is 0. The number of carbonyl (C=O) groups is 2. The number of carbonyl (C=O) groups excluding carboxylic acids is 2. The fourth-order valence-corrected chi connectivity index (χ4v) is 1.98. The van der Waals surface area contributed by atoms with Crippen molar-refractivity contribution in [2.75, 3.05) is 11.4 Å². The van der Waals surface area contributed by atoms with Crippen LogP contribution in [0.15, 0.2) is 18.2 Å². The summed E-state index contributed by atoms with van der Waals surface area (Å²) < 4.78 is 0. The van der Waals surface area contributed by atoms with Crippen molar-refractivity contribution >= 4 is 29.0 Å². The number of Topliss-reactive ketones (excluding diaryl/α,β-unsaturated/α-hetero) is 1. The van der Waals surface area contributed by atoms with Crippen molar-refractivity contribution in [3.05, 3.63) is 28.8 Å². The van der Waals surface area contributed by atoms with Crippen LogP contribution in [0.1, 0.15) is 16.8 Å². The van der Waals surface area contributed by atoms with Crippen LogP contribution in [0.4, 0.5) is 5.69 Å². The molecule has 1 aromatic carbocycles. The molecule has 1 heterocycles. The topological polar surface area (TPSA) is 37.4 Å². The molecule has 0 N–H and O–H groups in total. The van der Waals surface area contributed by atoms with Gasteiger partial charge in [0.2, 0.25) is 0 Å². The lowest BCUT2D eigenvalue weighted by atomic mass is 10.1. The Bertz CT molecular complexity index is 516. The highest BCUT2D eigenvalue weighted by Crippen LogP contribution is 2.35. The molecule has 0 fully saturated rings. The molecule has 1 amide bonds. The molecular weight excluding hydrogens is 226 g/mol. The summed E-state index contributed by atoms with van der Waals surface area (Å²) in [6.07, 6.45) is 5.53. The zero-order valence-electron chi connectivity index (χ0n) is 8.37. The number of ketones is 1. The van der Waals surface area contributed by atoms with Crippen molar-refractivity contribution in [1.29, 1.82) is 0 Å². The Kier molecular flexibility index (Phi) is 2.67. The molecule has 0 radical (unpaired) electrons. The van der Waals surface area contributed by atoms with Gasteiger partial charge < -0.3 is 4.90 Å². The van der Waals surface area contributed by atoms with E-state index in [1.807, 2.05) is 0 Å². The molecule has 80 valence electrons. The van der Waals surface area contributed by atoms with Crippen LogP contribution in [0.25, 0.3) is 0 Å². The predicted octanol–water partition coefficient (Wildman–Crippen LogP) is 1.89. The summed E-state index contributed by atoms with van der Waals surface area (Å²) in [7, 11) is 0. The van der Waals surface area contributed by atoms with E-state index in [9.17, 15) is 9.59 Å². The van der Waals surface area contributed by atoms with Crippen molar-refractivity contribution in [1.82, 2.24) is 0 Å². The number of para-hydroxylation sites is 1. The Hall–Kier alpha value is -1.79. The maximum atomic E-state index is 11.7. The van der Waals surface area contributed by atoms with Gasteiger partial charge in [0, 0.05) is 13.0 Å². The highest BCUT2D eigenvalue weighted by Gasteiger charge is 2.36. The Morgan fingerprint density at radius 2 is 2.12 bits per heavy atom. The van der Waals surface area contributed by atoms with Gasteiger partial charge in [0.05, 0.1) is 16.3 Å². The molecule has 1 aliphatic heterocycles. The van der Waals surface area contributed by atoms with E-state index in [4.69, 9.17) is 18.0 Å². The van der Waals surface area contributed by atoms with Gasteiger partial charge in [0.25, 0.3) is 11.7 Å². The van der Waals surface area contributed by atoms with Gasteiger partial charge in [-0.15, -0.1) is 12.3 Å². The molecule has 0 saturated heterocycles. The standard InChI is InChI=1S/C12H8ClNO2/c1-2-3-7-14-10-8(11(15)12(14)16)5-4-6-9(10)13/h1,4-6H,3,7H2. The number of nitrogens with zero attached hydrogens (tertiary/aromatic N) is 1. The second kappa shape index (κ2) is 3.99. The van der Waals surface area contributed by atoms with Crippen LogP contribution in [0.5, 0.6) is 0 Å². The average Bonchev–Trinajstić information content (AvgIpc) is 2.52. The zero-order chi connectivity index (χ0) is 11.7. The monoisotopic (exact) mass is 233 g/mol. The summed E-state index contributed by atoms with van der Waals surface area (Å²) in [5.74, 6) is 1.36. The first-order chi connectivity index (χ1) is 7.66. The fraction of sp³-hybridized carbons (Fsp3) is 0.167. The molecule has 3 nitrogen and oxygen atoms in total. The number of rotatable bonds is 2. The highest BCUT2D eigenvalue weighted by atomic mass is 35.5. The van der Waals surface area contributed by atoms with Crippen molar-refractivity contribution in [2.24, 2.45) is 0 Å². The molecule has 0 unspecified atom stereocenters. The van der Waals surface area contributed by atoms with Gasteiger partial charge in [0.1, 0.15) is 0 Å². The largest absolute Gasteiger partial charge is 0.302 e. The van der Waals surface area contributed by atoms with Crippen LogP contribution < -0.4 is 4.90 Å². The molecule has 0 saturated carbocycles. The van der Waals surface area contributed by atoms with E-state index in [1.165, 1.54) is 4.90 Å². The Morgan fingerprint density at radius 3 is 2.81 bits per heavy atom. The molecular formula is C12H8ClNO2. The van der Waals surface area contributed by atoms with Gasteiger partial charge in [-0.3, -0.25) is 9.59 Å². The smallest absolute Gasteiger partial charge is 0.299 e. The van der Waals surface area contributed by atoms with E-state index in [0.717, 1.165) is 0 Å². The minimum absolute atomic E-state index is 0.317. The summed E-state index contributed by atoms with van der Waals surface area (Å²) >= 11 is 5.98. The summed E-state index contributed by atoms with van der Waals surface area (Å²) in [5, 5.41) is 0.397. The molecule has 0 atom stereocenters. The lowest BCUT2D eigenvalue weighted by Gasteiger charge is -2.15. The van der Waals surface area contributed by atoms with Crippen molar-refractivity contribution in [2.45, 2.75) is 6.42 Å². The number of fused-ring (bicyclic) bond motifs is 1. The zero-order valence-corrected chi connectivity index (χ0v) is 9.12. The quantitative estimate of drug-likeness (QED) is 0.578. The molecule has 4 heteroatoms. The van der Waals surface area contributed by atoms with Crippen LogP contribution in [0, 0.1) is 12.3 Å². The highest BCUT2D eigenvalue weighted by molar-refractivity contribution is 6.54. The van der Waals surface area contributed by atoms with Crippen LogP contribution in [0.2, 0.25) is 5.02 Å². The van der Waals surface area contributed by atoms with Gasteiger partial charge in [-0.25, -0.2) is 0 Å². The number of benzene rings is 1. The Labute approximate surface area is 98.0 Å². The summed E-state index contributed by atoms with van der Waals surface area (Å²) in [4.78, 5) is 24.6. The second-order valence-electron chi connectivity index (χ2n) is 3.38. The first-order valence-corrected chi connectivity index (χ1v) is 5.12. The van der Waals surface area contributed by atoms with E-state index >= 15 is 0 Å². The average molecular weight is 234 g/mol. The van der Waals surface area contributed by atoms with Crippen LogP contribution >= 0.6 is 11.6 Å². The summed E-state index contributed by atoms with van der Waals surface area (Å²) in [6, 6.07) is 4.89. The fourth-order valence-electron chi connectivity index (χ4n) is 1.70. The minimum atomic E-state index is -0.557. The number of amides is 1. The predicted molar refractivity (Wildman–Crippen MR) is 61.6 cm³/mol. The van der Waals surface area contributed by atoms with Gasteiger partial charge in [-0.05, 0) is 12.1 Å². The van der Waals surface area contributed by atoms with Gasteiger partial charge >= 0.3 is 0 Å². The third-order valence-corrected chi connectivity index (χ3v) is 2.73. The SMILES string of the molecule is C#CCCN1C(=O)C(=O)c2cccc(Cl)c21. The van der Waals surface area contributed by atoms with Gasteiger partial charge in [-0.1, -0.05) is 17.7 Å². The van der Waals surface area contributed by atoms with Crippen molar-refractivity contribution < 1.29 is 9.59 Å². The molecule has 16 heavy (non-hydrogen) atoms. The summed E-state index contributed by atoms with van der Waals surface area (Å²) in [5.41, 5.74) is 0.837. The molecule has 1 aromatic rings. The Morgan fingerprint density at radius 1 is 1.38 bits per heavy atom. The Balaban J connectivity index is 2.48. The number of hydrogen-bond acceptors (Lipinski definition) is 2. The van der Waals surface area contributed by atoms with Crippen LogP contribution in [-0.4, -0.2) is 18.2 Å². The number of halogens is 1. The van der Waals surface area contributed by atoms with Crippen molar-refractivity contribution in [3.8, 4) is 12.3 Å². The molecule has 1 aliphatic rings. The lowest BCUT2D eigenvalue weighted by Crippen LogP contribution is -2.30. The van der Waals surface area contributed by atoms with E-state index in [0.29, 0.717) is 29.2 Å². The van der Waals surface area contributed by atoms with Crippen molar-refractivity contribution in [3.63, 3.8) is 0 Å². The molecule has 0 aliphatic carbocycles.